The van der Waals surface area contributed by atoms with Crippen LogP contribution in [0.25, 0.3) is 0 Å². The molecule has 0 heterocycles. The average molecular weight is 297 g/mol. The molecule has 22 heavy (non-hydrogen) atoms. The molecule has 0 aliphatic rings. The first kappa shape index (κ1) is 15.8. The molecule has 0 bridgehead atoms. The first-order valence-electron chi connectivity index (χ1n) is 7.25. The zero-order valence-corrected chi connectivity index (χ0v) is 12.7. The molecule has 0 aliphatic carbocycles. The van der Waals surface area contributed by atoms with Gasteiger partial charge in [0, 0.05) is 0 Å². The monoisotopic (exact) mass is 297 g/mol. The number of carbonyl (C=O) groups is 2. The Labute approximate surface area is 130 Å². The SMILES string of the molecule is CCOC(=O)c1ccccc1C(=O)NC(C)c1ccccc1. The highest BCUT2D eigenvalue weighted by Crippen LogP contribution is 2.15. The summed E-state index contributed by atoms with van der Waals surface area (Å²) in [5, 5.41) is 2.90. The average Bonchev–Trinajstić information content (AvgIpc) is 2.55. The molecule has 114 valence electrons. The second kappa shape index (κ2) is 7.41. The molecule has 1 amide bonds. The van der Waals surface area contributed by atoms with Crippen LogP contribution >= 0.6 is 0 Å². The molecule has 0 aromatic heterocycles. The van der Waals surface area contributed by atoms with Gasteiger partial charge in [-0.1, -0.05) is 42.5 Å². The molecule has 2 aromatic carbocycles. The molecule has 0 spiro atoms. The Kier molecular flexibility index (Phi) is 5.31. The van der Waals surface area contributed by atoms with E-state index in [0.717, 1.165) is 5.56 Å². The molecule has 0 saturated heterocycles. The van der Waals surface area contributed by atoms with Gasteiger partial charge in [-0.25, -0.2) is 4.79 Å². The molecular formula is C18H19NO3. The van der Waals surface area contributed by atoms with Gasteiger partial charge in [0.05, 0.1) is 23.8 Å². The van der Waals surface area contributed by atoms with Crippen LogP contribution in [0.5, 0.6) is 0 Å². The van der Waals surface area contributed by atoms with Crippen molar-refractivity contribution in [3.63, 3.8) is 0 Å². The van der Waals surface area contributed by atoms with Gasteiger partial charge < -0.3 is 10.1 Å². The van der Waals surface area contributed by atoms with E-state index in [-0.39, 0.29) is 24.1 Å². The summed E-state index contributed by atoms with van der Waals surface area (Å²) in [6, 6.07) is 16.2. The van der Waals surface area contributed by atoms with Crippen molar-refractivity contribution >= 4 is 11.9 Å². The van der Waals surface area contributed by atoms with E-state index in [1.807, 2.05) is 37.3 Å². The van der Waals surface area contributed by atoms with Crippen LogP contribution in [0.4, 0.5) is 0 Å². The standard InChI is InChI=1S/C18H19NO3/c1-3-22-18(21)16-12-8-7-11-15(16)17(20)19-13(2)14-9-5-4-6-10-14/h4-13H,3H2,1-2H3,(H,19,20). The number of amides is 1. The summed E-state index contributed by atoms with van der Waals surface area (Å²) in [5.74, 6) is -0.777. The lowest BCUT2D eigenvalue weighted by Crippen LogP contribution is -2.28. The van der Waals surface area contributed by atoms with Gasteiger partial charge in [0.25, 0.3) is 5.91 Å². The van der Waals surface area contributed by atoms with E-state index in [1.165, 1.54) is 0 Å². The number of ether oxygens (including phenoxy) is 1. The van der Waals surface area contributed by atoms with Crippen LogP contribution in [0.2, 0.25) is 0 Å². The second-order valence-corrected chi connectivity index (χ2v) is 4.87. The number of esters is 1. The third kappa shape index (κ3) is 3.73. The number of carbonyl (C=O) groups excluding carboxylic acids is 2. The Bertz CT molecular complexity index is 652. The van der Waals surface area contributed by atoms with E-state index in [1.54, 1.807) is 31.2 Å². The highest BCUT2D eigenvalue weighted by Gasteiger charge is 2.19. The van der Waals surface area contributed by atoms with E-state index >= 15 is 0 Å². The minimum Gasteiger partial charge on any atom is -0.462 e. The van der Waals surface area contributed by atoms with Crippen LogP contribution in [-0.4, -0.2) is 18.5 Å². The van der Waals surface area contributed by atoms with Crippen LogP contribution in [0.1, 0.15) is 46.2 Å². The van der Waals surface area contributed by atoms with Crippen LogP contribution in [0, 0.1) is 0 Å². The number of rotatable bonds is 5. The predicted octanol–water partition coefficient (Wildman–Crippen LogP) is 3.35. The molecule has 0 fully saturated rings. The molecule has 0 saturated carbocycles. The Hall–Kier alpha value is -2.62. The lowest BCUT2D eigenvalue weighted by molar-refractivity contribution is 0.0522. The molecule has 0 aliphatic heterocycles. The van der Waals surface area contributed by atoms with E-state index in [4.69, 9.17) is 4.74 Å². The van der Waals surface area contributed by atoms with Crippen LogP contribution in [-0.2, 0) is 4.74 Å². The first-order chi connectivity index (χ1) is 10.6. The third-order valence-corrected chi connectivity index (χ3v) is 3.31. The number of hydrogen-bond acceptors (Lipinski definition) is 3. The summed E-state index contributed by atoms with van der Waals surface area (Å²) in [7, 11) is 0. The highest BCUT2D eigenvalue weighted by atomic mass is 16.5. The molecule has 2 aromatic rings. The van der Waals surface area contributed by atoms with Crippen molar-refractivity contribution in [2.75, 3.05) is 6.61 Å². The molecule has 1 N–H and O–H groups in total. The van der Waals surface area contributed by atoms with Crippen molar-refractivity contribution in [3.05, 3.63) is 71.3 Å². The number of benzene rings is 2. The van der Waals surface area contributed by atoms with Crippen molar-refractivity contribution in [3.8, 4) is 0 Å². The van der Waals surface area contributed by atoms with Gasteiger partial charge in [-0.15, -0.1) is 0 Å². The zero-order valence-electron chi connectivity index (χ0n) is 12.7. The lowest BCUT2D eigenvalue weighted by atomic mass is 10.0. The summed E-state index contributed by atoms with van der Waals surface area (Å²) < 4.78 is 4.99. The highest BCUT2D eigenvalue weighted by molar-refractivity contribution is 6.05. The smallest absolute Gasteiger partial charge is 0.338 e. The normalized spacial score (nSPS) is 11.5. The van der Waals surface area contributed by atoms with Crippen molar-refractivity contribution in [2.45, 2.75) is 19.9 Å². The van der Waals surface area contributed by atoms with E-state index in [2.05, 4.69) is 5.32 Å². The van der Waals surface area contributed by atoms with Crippen LogP contribution in [0.3, 0.4) is 0 Å². The Morgan fingerprint density at radius 3 is 2.23 bits per heavy atom. The fraction of sp³-hybridized carbons (Fsp3) is 0.222. The first-order valence-corrected chi connectivity index (χ1v) is 7.25. The van der Waals surface area contributed by atoms with Crippen molar-refractivity contribution in [2.24, 2.45) is 0 Å². The molecule has 4 nitrogen and oxygen atoms in total. The van der Waals surface area contributed by atoms with Crippen molar-refractivity contribution < 1.29 is 14.3 Å². The van der Waals surface area contributed by atoms with Gasteiger partial charge in [0.2, 0.25) is 0 Å². The summed E-state index contributed by atoms with van der Waals surface area (Å²) in [6.45, 7) is 3.91. The van der Waals surface area contributed by atoms with Crippen LogP contribution in [0.15, 0.2) is 54.6 Å². The van der Waals surface area contributed by atoms with Gasteiger partial charge in [-0.2, -0.15) is 0 Å². The van der Waals surface area contributed by atoms with Gasteiger partial charge >= 0.3 is 5.97 Å². The topological polar surface area (TPSA) is 55.4 Å². The van der Waals surface area contributed by atoms with E-state index < -0.39 is 5.97 Å². The number of nitrogens with one attached hydrogen (secondary N) is 1. The van der Waals surface area contributed by atoms with Gasteiger partial charge in [-0.3, -0.25) is 4.79 Å². The largest absolute Gasteiger partial charge is 0.462 e. The third-order valence-electron chi connectivity index (χ3n) is 3.31. The second-order valence-electron chi connectivity index (χ2n) is 4.87. The lowest BCUT2D eigenvalue weighted by Gasteiger charge is -2.15. The summed E-state index contributed by atoms with van der Waals surface area (Å²) >= 11 is 0. The van der Waals surface area contributed by atoms with E-state index in [0.29, 0.717) is 5.56 Å². The molecule has 2 rings (SSSR count). The molecule has 1 atom stereocenters. The number of hydrogen-bond donors (Lipinski definition) is 1. The van der Waals surface area contributed by atoms with Crippen molar-refractivity contribution in [1.29, 1.82) is 0 Å². The maximum Gasteiger partial charge on any atom is 0.338 e. The molecule has 4 heteroatoms. The maximum absolute atomic E-state index is 12.4. The van der Waals surface area contributed by atoms with E-state index in [9.17, 15) is 9.59 Å². The fourth-order valence-corrected chi connectivity index (χ4v) is 2.17. The fourth-order valence-electron chi connectivity index (χ4n) is 2.17. The minimum atomic E-state index is -0.486. The van der Waals surface area contributed by atoms with Gasteiger partial charge in [-0.05, 0) is 31.5 Å². The Balaban J connectivity index is 2.18. The molecular weight excluding hydrogens is 278 g/mol. The Morgan fingerprint density at radius 1 is 1.00 bits per heavy atom. The summed E-state index contributed by atoms with van der Waals surface area (Å²) in [5.41, 5.74) is 1.61. The quantitative estimate of drug-likeness (QED) is 0.861. The zero-order chi connectivity index (χ0) is 15.9. The molecule has 0 radical (unpaired) electrons. The Morgan fingerprint density at radius 2 is 1.59 bits per heavy atom. The minimum absolute atomic E-state index is 0.149. The predicted molar refractivity (Wildman–Crippen MR) is 84.7 cm³/mol. The summed E-state index contributed by atoms with van der Waals surface area (Å²) in [4.78, 5) is 24.4. The molecule has 1 unspecified atom stereocenters. The van der Waals surface area contributed by atoms with Gasteiger partial charge in [0.1, 0.15) is 0 Å². The van der Waals surface area contributed by atoms with Crippen LogP contribution < -0.4 is 5.32 Å². The van der Waals surface area contributed by atoms with Crippen molar-refractivity contribution in [1.82, 2.24) is 5.32 Å². The maximum atomic E-state index is 12.4. The summed E-state index contributed by atoms with van der Waals surface area (Å²) in [6.07, 6.45) is 0. The van der Waals surface area contributed by atoms with Gasteiger partial charge in [0.15, 0.2) is 0 Å².